The minimum atomic E-state index is -0.702. The second-order valence-corrected chi connectivity index (χ2v) is 10.8. The summed E-state index contributed by atoms with van der Waals surface area (Å²) >= 11 is 1.57. The van der Waals surface area contributed by atoms with Crippen LogP contribution in [-0.2, 0) is 9.59 Å². The van der Waals surface area contributed by atoms with Gasteiger partial charge >= 0.3 is 5.97 Å². The number of thiazole rings is 1. The third-order valence-corrected chi connectivity index (χ3v) is 8.24. The number of fused-ring (bicyclic) bond motifs is 1. The number of aliphatic imine (C=N–C) groups is 1. The van der Waals surface area contributed by atoms with Crippen LogP contribution in [0.15, 0.2) is 34.4 Å². The van der Waals surface area contributed by atoms with E-state index in [9.17, 15) is 14.7 Å². The predicted molar refractivity (Wildman–Crippen MR) is 118 cm³/mol. The fourth-order valence-electron chi connectivity index (χ4n) is 7.02. The smallest absolute Gasteiger partial charge is 0.303 e. The fraction of sp³-hybridized carbons (Fsp3) is 0.478. The van der Waals surface area contributed by atoms with Crippen molar-refractivity contribution in [3.63, 3.8) is 0 Å². The van der Waals surface area contributed by atoms with Crippen LogP contribution < -0.4 is 10.6 Å². The highest BCUT2D eigenvalue weighted by atomic mass is 32.1. The van der Waals surface area contributed by atoms with Gasteiger partial charge < -0.3 is 10.4 Å². The first-order chi connectivity index (χ1) is 14.9. The highest BCUT2D eigenvalue weighted by molar-refractivity contribution is 7.16. The average Bonchev–Trinajstić information content (AvgIpc) is 3.25. The van der Waals surface area contributed by atoms with E-state index in [4.69, 9.17) is 0 Å². The van der Waals surface area contributed by atoms with Crippen LogP contribution in [0.5, 0.6) is 0 Å². The zero-order valence-electron chi connectivity index (χ0n) is 17.1. The summed E-state index contributed by atoms with van der Waals surface area (Å²) in [7, 11) is 0. The maximum Gasteiger partial charge on any atom is 0.303 e. The molecule has 7 rings (SSSR count). The van der Waals surface area contributed by atoms with Crippen LogP contribution in [0.3, 0.4) is 0 Å². The maximum atomic E-state index is 12.6. The van der Waals surface area contributed by atoms with E-state index in [0.29, 0.717) is 23.5 Å². The Bertz CT molecular complexity index is 1150. The fourth-order valence-corrected chi connectivity index (χ4v) is 7.75. The number of hydrogen-bond acceptors (Lipinski definition) is 6. The number of nitrogens with one attached hydrogen (secondary N) is 2. The molecule has 1 amide bonds. The molecule has 2 unspecified atom stereocenters. The first kappa shape index (κ1) is 19.0. The number of carboxylic acid groups (broad SMARTS) is 1. The second-order valence-electron chi connectivity index (χ2n) is 9.96. The number of nitrogens with zero attached hydrogens (tertiary/aromatic N) is 2. The molecule has 1 aromatic carbocycles. The van der Waals surface area contributed by atoms with Crippen molar-refractivity contribution in [2.45, 2.75) is 50.5 Å². The molecule has 5 aliphatic rings. The van der Waals surface area contributed by atoms with Gasteiger partial charge in [-0.2, -0.15) is 0 Å². The van der Waals surface area contributed by atoms with E-state index in [-0.39, 0.29) is 23.3 Å². The molecule has 160 valence electrons. The number of amides is 1. The van der Waals surface area contributed by atoms with E-state index < -0.39 is 5.97 Å². The van der Waals surface area contributed by atoms with E-state index in [1.807, 2.05) is 23.7 Å². The zero-order chi connectivity index (χ0) is 21.2. The molecule has 1 aliphatic heterocycles. The van der Waals surface area contributed by atoms with Gasteiger partial charge in [-0.1, -0.05) is 6.07 Å². The Morgan fingerprint density at radius 3 is 2.87 bits per heavy atom. The van der Waals surface area contributed by atoms with Crippen molar-refractivity contribution >= 4 is 45.5 Å². The van der Waals surface area contributed by atoms with Crippen LogP contribution in [0, 0.1) is 17.3 Å². The predicted octanol–water partition coefficient (Wildman–Crippen LogP) is 3.53. The summed E-state index contributed by atoms with van der Waals surface area (Å²) in [6, 6.07) is 5.91. The molecular formula is C23H24N4O3S. The van der Waals surface area contributed by atoms with Gasteiger partial charge in [0.05, 0.1) is 22.1 Å². The summed E-state index contributed by atoms with van der Waals surface area (Å²) in [5.74, 6) is 0.713. The van der Waals surface area contributed by atoms with Crippen molar-refractivity contribution in [2.75, 3.05) is 0 Å². The number of carboxylic acids is 1. The summed E-state index contributed by atoms with van der Waals surface area (Å²) < 4.78 is 1.08. The Labute approximate surface area is 183 Å². The van der Waals surface area contributed by atoms with E-state index in [2.05, 4.69) is 20.6 Å². The van der Waals surface area contributed by atoms with E-state index in [0.717, 1.165) is 47.9 Å². The Hall–Kier alpha value is -2.74. The zero-order valence-corrected chi connectivity index (χ0v) is 17.9. The molecule has 4 aliphatic carbocycles. The van der Waals surface area contributed by atoms with Gasteiger partial charge in [0.2, 0.25) is 5.96 Å². The molecule has 31 heavy (non-hydrogen) atoms. The number of aliphatic carboxylic acids is 1. The number of rotatable bonds is 4. The van der Waals surface area contributed by atoms with Gasteiger partial charge in [0.1, 0.15) is 5.70 Å². The molecule has 0 radical (unpaired) electrons. The first-order valence-electron chi connectivity index (χ1n) is 10.8. The summed E-state index contributed by atoms with van der Waals surface area (Å²) in [6.07, 6.45) is 8.18. The van der Waals surface area contributed by atoms with Gasteiger partial charge in [0.25, 0.3) is 5.91 Å². The number of hydrogen-bond donors (Lipinski definition) is 3. The molecule has 8 heteroatoms. The lowest BCUT2D eigenvalue weighted by atomic mass is 9.46. The third kappa shape index (κ3) is 3.33. The molecule has 1 aromatic heterocycles. The molecule has 4 saturated carbocycles. The lowest BCUT2D eigenvalue weighted by Gasteiger charge is -2.62. The van der Waals surface area contributed by atoms with Crippen molar-refractivity contribution in [1.82, 2.24) is 15.6 Å². The van der Waals surface area contributed by atoms with Gasteiger partial charge in [-0.15, -0.1) is 11.3 Å². The molecule has 4 bridgehead atoms. The van der Waals surface area contributed by atoms with Gasteiger partial charge in [0, 0.05) is 5.54 Å². The Kier molecular flexibility index (Phi) is 4.06. The minimum Gasteiger partial charge on any atom is -0.481 e. The maximum absolute atomic E-state index is 12.6. The monoisotopic (exact) mass is 436 g/mol. The van der Waals surface area contributed by atoms with Gasteiger partial charge in [0.15, 0.2) is 0 Å². The summed E-state index contributed by atoms with van der Waals surface area (Å²) in [5, 5.41) is 16.0. The van der Waals surface area contributed by atoms with Crippen molar-refractivity contribution in [3.05, 3.63) is 35.0 Å². The molecule has 3 N–H and O–H groups in total. The summed E-state index contributed by atoms with van der Waals surface area (Å²) in [6.45, 7) is 0. The molecular weight excluding hydrogens is 412 g/mol. The molecule has 2 aromatic rings. The normalized spacial score (nSPS) is 34.9. The van der Waals surface area contributed by atoms with Gasteiger partial charge in [-0.25, -0.2) is 9.98 Å². The SMILES string of the molecule is O=C(O)CC12CC3CC(C1)CC(NC1=N/C(=C\c4ccc5ncsc5c4)C(=O)N1)(C3)C2. The largest absolute Gasteiger partial charge is 0.481 e. The number of benzene rings is 1. The topological polar surface area (TPSA) is 104 Å². The molecule has 7 nitrogen and oxygen atoms in total. The Morgan fingerprint density at radius 2 is 2.10 bits per heavy atom. The first-order valence-corrected chi connectivity index (χ1v) is 11.7. The minimum absolute atomic E-state index is 0.116. The van der Waals surface area contributed by atoms with Crippen molar-refractivity contribution in [3.8, 4) is 0 Å². The van der Waals surface area contributed by atoms with Gasteiger partial charge in [-0.05, 0) is 79.5 Å². The standard InChI is InChI=1S/C23H24N4O3S/c28-19(29)10-22-6-14-3-15(7-22)9-23(8-14,11-22)27-21-25-17(20(30)26-21)4-13-1-2-16-18(5-13)31-12-24-16/h1-2,4-5,12,14-15H,3,6-11H2,(H,28,29)(H2,25,26,27,30)/b17-4-. The molecule has 2 heterocycles. The highest BCUT2D eigenvalue weighted by Gasteiger charge is 2.58. The molecule has 0 spiro atoms. The Morgan fingerprint density at radius 1 is 1.29 bits per heavy atom. The van der Waals surface area contributed by atoms with Crippen molar-refractivity contribution in [2.24, 2.45) is 22.2 Å². The van der Waals surface area contributed by atoms with E-state index in [1.54, 1.807) is 17.4 Å². The lowest BCUT2D eigenvalue weighted by Crippen LogP contribution is -2.64. The van der Waals surface area contributed by atoms with Crippen LogP contribution in [0.4, 0.5) is 0 Å². The number of carbonyl (C=O) groups is 2. The summed E-state index contributed by atoms with van der Waals surface area (Å²) in [5.41, 5.74) is 3.79. The lowest BCUT2D eigenvalue weighted by molar-refractivity contribution is -0.147. The van der Waals surface area contributed by atoms with Crippen LogP contribution in [-0.4, -0.2) is 33.5 Å². The summed E-state index contributed by atoms with van der Waals surface area (Å²) in [4.78, 5) is 33.0. The van der Waals surface area contributed by atoms with Crippen LogP contribution >= 0.6 is 11.3 Å². The quantitative estimate of drug-likeness (QED) is 0.636. The van der Waals surface area contributed by atoms with Crippen LogP contribution in [0.25, 0.3) is 16.3 Å². The molecule has 2 atom stereocenters. The Balaban J connectivity index is 1.26. The molecule has 4 fully saturated rings. The average molecular weight is 437 g/mol. The van der Waals surface area contributed by atoms with Gasteiger partial charge in [-0.3, -0.25) is 14.9 Å². The van der Waals surface area contributed by atoms with Crippen molar-refractivity contribution in [1.29, 1.82) is 0 Å². The van der Waals surface area contributed by atoms with E-state index >= 15 is 0 Å². The van der Waals surface area contributed by atoms with Crippen molar-refractivity contribution < 1.29 is 14.7 Å². The second kappa shape index (κ2) is 6.63. The van der Waals surface area contributed by atoms with Crippen LogP contribution in [0.2, 0.25) is 0 Å². The highest BCUT2D eigenvalue weighted by Crippen LogP contribution is 2.62. The van der Waals surface area contributed by atoms with Crippen LogP contribution in [0.1, 0.15) is 50.5 Å². The number of aromatic nitrogens is 1. The van der Waals surface area contributed by atoms with E-state index in [1.165, 1.54) is 6.42 Å². The number of guanidine groups is 1. The third-order valence-electron chi connectivity index (χ3n) is 7.45. The molecule has 0 saturated heterocycles. The number of carbonyl (C=O) groups excluding carboxylic acids is 1.